The lowest BCUT2D eigenvalue weighted by atomic mass is 10.2. The minimum Gasteiger partial charge on any atom is -0.464 e. The molecule has 1 aromatic carbocycles. The molecule has 1 aromatic rings. The molecule has 0 saturated carbocycles. The molecular weight excluding hydrogens is 293 g/mol. The molecule has 1 rings (SSSR count). The van der Waals surface area contributed by atoms with E-state index in [0.29, 0.717) is 5.56 Å². The Morgan fingerprint density at radius 2 is 1.86 bits per heavy atom. The van der Waals surface area contributed by atoms with Crippen molar-refractivity contribution in [2.45, 2.75) is 0 Å². The topological polar surface area (TPSA) is 81.7 Å². The average molecular weight is 311 g/mol. The Balaban J connectivity index is 2.89. The van der Waals surface area contributed by atoms with Gasteiger partial charge in [-0.25, -0.2) is 4.79 Å². The number of allylic oxidation sites excluding steroid dienone is 1. The Kier molecular flexibility index (Phi) is 6.34. The van der Waals surface area contributed by atoms with Crippen molar-refractivity contribution in [2.75, 3.05) is 27.0 Å². The number of rotatable bonds is 6. The van der Waals surface area contributed by atoms with Gasteiger partial charge in [0.15, 0.2) is 0 Å². The first-order chi connectivity index (χ1) is 9.89. The van der Waals surface area contributed by atoms with Crippen molar-refractivity contribution in [1.82, 2.24) is 5.32 Å². The number of benzene rings is 1. The molecule has 1 atom stereocenters. The number of hydrogen-bond donors (Lipinski definition) is 1. The highest BCUT2D eigenvalue weighted by Gasteiger charge is 2.18. The number of amides is 1. The van der Waals surface area contributed by atoms with Crippen LogP contribution >= 0.6 is 7.37 Å². The number of nitrogens with one attached hydrogen (secondary N) is 1. The lowest BCUT2D eigenvalue weighted by molar-refractivity contribution is -0.136. The maximum absolute atomic E-state index is 12.0. The molecule has 114 valence electrons. The molecule has 0 aliphatic carbocycles. The first-order valence-electron chi connectivity index (χ1n) is 6.17. The highest BCUT2D eigenvalue weighted by Crippen LogP contribution is 2.41. The Labute approximate surface area is 123 Å². The molecule has 1 N–H and O–H groups in total. The summed E-state index contributed by atoms with van der Waals surface area (Å²) in [5, 5.41) is 2.45. The predicted molar refractivity (Wildman–Crippen MR) is 79.4 cm³/mol. The second kappa shape index (κ2) is 7.76. The summed E-state index contributed by atoms with van der Waals surface area (Å²) < 4.78 is 21.3. The zero-order valence-corrected chi connectivity index (χ0v) is 13.1. The fraction of sp³-hybridized carbons (Fsp3) is 0.286. The van der Waals surface area contributed by atoms with E-state index in [9.17, 15) is 14.2 Å². The monoisotopic (exact) mass is 311 g/mol. The summed E-state index contributed by atoms with van der Waals surface area (Å²) in [7, 11) is -0.299. The Morgan fingerprint density at radius 3 is 2.38 bits per heavy atom. The highest BCUT2D eigenvalue weighted by atomic mass is 31.2. The SMILES string of the molecule is COC(=O)/C(=C/CP(C)(=O)OC)NC(=O)c1ccccc1. The van der Waals surface area contributed by atoms with Crippen LogP contribution in [-0.4, -0.2) is 38.9 Å². The summed E-state index contributed by atoms with van der Waals surface area (Å²) in [5.74, 6) is -1.16. The van der Waals surface area contributed by atoms with E-state index in [1.807, 2.05) is 0 Å². The largest absolute Gasteiger partial charge is 0.464 e. The van der Waals surface area contributed by atoms with E-state index in [0.717, 1.165) is 0 Å². The second-order valence-corrected chi connectivity index (χ2v) is 7.07. The van der Waals surface area contributed by atoms with Crippen LogP contribution < -0.4 is 5.32 Å². The number of carbonyl (C=O) groups is 2. The molecule has 0 aliphatic rings. The van der Waals surface area contributed by atoms with E-state index >= 15 is 0 Å². The number of methoxy groups -OCH3 is 1. The third-order valence-electron chi connectivity index (χ3n) is 2.70. The van der Waals surface area contributed by atoms with E-state index in [2.05, 4.69) is 10.1 Å². The lowest BCUT2D eigenvalue weighted by Crippen LogP contribution is -2.28. The molecule has 7 heteroatoms. The zero-order chi connectivity index (χ0) is 15.9. The van der Waals surface area contributed by atoms with Crippen LogP contribution in [0.1, 0.15) is 10.4 Å². The van der Waals surface area contributed by atoms with E-state index < -0.39 is 19.2 Å². The third-order valence-corrected chi connectivity index (χ3v) is 4.32. The van der Waals surface area contributed by atoms with E-state index in [1.54, 1.807) is 30.3 Å². The molecule has 0 fully saturated rings. The number of esters is 1. The number of hydrogen-bond acceptors (Lipinski definition) is 5. The van der Waals surface area contributed by atoms with Gasteiger partial charge < -0.3 is 14.6 Å². The van der Waals surface area contributed by atoms with Gasteiger partial charge in [0.1, 0.15) is 5.70 Å². The fourth-order valence-electron chi connectivity index (χ4n) is 1.41. The first kappa shape index (κ1) is 17.1. The Hall–Kier alpha value is -1.91. The van der Waals surface area contributed by atoms with Gasteiger partial charge in [-0.05, 0) is 18.2 Å². The van der Waals surface area contributed by atoms with E-state index in [4.69, 9.17) is 4.52 Å². The average Bonchev–Trinajstić information content (AvgIpc) is 2.51. The van der Waals surface area contributed by atoms with Crippen molar-refractivity contribution in [3.8, 4) is 0 Å². The van der Waals surface area contributed by atoms with E-state index in [-0.39, 0.29) is 11.9 Å². The van der Waals surface area contributed by atoms with Crippen LogP contribution in [0.25, 0.3) is 0 Å². The van der Waals surface area contributed by atoms with Gasteiger partial charge in [0.05, 0.1) is 7.11 Å². The fourth-order valence-corrected chi connectivity index (χ4v) is 2.07. The molecule has 0 spiro atoms. The zero-order valence-electron chi connectivity index (χ0n) is 12.2. The molecule has 0 aliphatic heterocycles. The van der Waals surface area contributed by atoms with Gasteiger partial charge >= 0.3 is 5.97 Å². The summed E-state index contributed by atoms with van der Waals surface area (Å²) in [6, 6.07) is 8.43. The molecule has 0 bridgehead atoms. The molecular formula is C14H18NO5P. The third kappa shape index (κ3) is 5.53. The maximum Gasteiger partial charge on any atom is 0.354 e. The smallest absolute Gasteiger partial charge is 0.354 e. The van der Waals surface area contributed by atoms with Gasteiger partial charge in [-0.15, -0.1) is 0 Å². The molecule has 1 amide bonds. The van der Waals surface area contributed by atoms with Crippen LogP contribution in [0.3, 0.4) is 0 Å². The van der Waals surface area contributed by atoms with Crippen LogP contribution in [0, 0.1) is 0 Å². The Bertz CT molecular complexity index is 582. The highest BCUT2D eigenvalue weighted by molar-refractivity contribution is 7.58. The van der Waals surface area contributed by atoms with Crippen molar-refractivity contribution in [2.24, 2.45) is 0 Å². The quantitative estimate of drug-likeness (QED) is 0.494. The van der Waals surface area contributed by atoms with Gasteiger partial charge in [0, 0.05) is 25.5 Å². The van der Waals surface area contributed by atoms with Crippen molar-refractivity contribution < 1.29 is 23.4 Å². The number of ether oxygens (including phenoxy) is 1. The normalized spacial score (nSPS) is 14.1. The first-order valence-corrected chi connectivity index (χ1v) is 8.42. The maximum atomic E-state index is 12.0. The van der Waals surface area contributed by atoms with Gasteiger partial charge in [-0.3, -0.25) is 9.36 Å². The minimum atomic E-state index is -2.83. The Morgan fingerprint density at radius 1 is 1.24 bits per heavy atom. The lowest BCUT2D eigenvalue weighted by Gasteiger charge is -2.11. The standard InChI is InChI=1S/C14H18NO5P/c1-19-14(17)12(9-10-21(3,18)20-2)15-13(16)11-7-5-4-6-8-11/h4-9H,10H2,1-3H3,(H,15,16)/b12-9-. The van der Waals surface area contributed by atoms with Crippen molar-refractivity contribution in [3.63, 3.8) is 0 Å². The van der Waals surface area contributed by atoms with Crippen LogP contribution in [0.15, 0.2) is 42.1 Å². The molecule has 21 heavy (non-hydrogen) atoms. The molecule has 0 heterocycles. The van der Waals surface area contributed by atoms with Crippen molar-refractivity contribution in [1.29, 1.82) is 0 Å². The predicted octanol–water partition coefficient (Wildman–Crippen LogP) is 2.03. The summed E-state index contributed by atoms with van der Waals surface area (Å²) in [4.78, 5) is 23.7. The van der Waals surface area contributed by atoms with Crippen LogP contribution in [0.5, 0.6) is 0 Å². The van der Waals surface area contributed by atoms with Crippen LogP contribution in [-0.2, 0) is 18.6 Å². The molecule has 0 saturated heterocycles. The summed E-state index contributed by atoms with van der Waals surface area (Å²) in [5.41, 5.74) is 0.337. The van der Waals surface area contributed by atoms with Crippen molar-refractivity contribution >= 4 is 19.2 Å². The number of carbonyl (C=O) groups excluding carboxylic acids is 2. The molecule has 0 radical (unpaired) electrons. The summed E-state index contributed by atoms with van der Waals surface area (Å²) in [6.07, 6.45) is 1.36. The van der Waals surface area contributed by atoms with E-state index in [1.165, 1.54) is 27.0 Å². The van der Waals surface area contributed by atoms with Gasteiger partial charge in [-0.2, -0.15) is 0 Å². The van der Waals surface area contributed by atoms with Crippen LogP contribution in [0.2, 0.25) is 0 Å². The van der Waals surface area contributed by atoms with Gasteiger partial charge in [0.25, 0.3) is 5.91 Å². The van der Waals surface area contributed by atoms with Gasteiger partial charge in [0.2, 0.25) is 7.37 Å². The molecule has 6 nitrogen and oxygen atoms in total. The minimum absolute atomic E-state index is 0.0169. The molecule has 0 aromatic heterocycles. The summed E-state index contributed by atoms with van der Waals surface area (Å²) in [6.45, 7) is 1.44. The van der Waals surface area contributed by atoms with Crippen molar-refractivity contribution in [3.05, 3.63) is 47.7 Å². The summed E-state index contributed by atoms with van der Waals surface area (Å²) >= 11 is 0. The molecule has 1 unspecified atom stereocenters. The van der Waals surface area contributed by atoms with Gasteiger partial charge in [-0.1, -0.05) is 18.2 Å². The van der Waals surface area contributed by atoms with Crippen LogP contribution in [0.4, 0.5) is 0 Å². The second-order valence-electron chi connectivity index (χ2n) is 4.31.